The molecule has 0 aliphatic heterocycles. The number of hydrogen-bond donors (Lipinski definition) is 1. The van der Waals surface area contributed by atoms with Crippen LogP contribution in [0.1, 0.15) is 16.1 Å². The second-order valence-electron chi connectivity index (χ2n) is 3.70. The zero-order chi connectivity index (χ0) is 12.3. The molecule has 1 aromatic carbocycles. The zero-order valence-electron chi connectivity index (χ0n) is 9.34. The molecule has 90 valence electrons. The van der Waals surface area contributed by atoms with Gasteiger partial charge in [0.2, 0.25) is 0 Å². The van der Waals surface area contributed by atoms with Gasteiger partial charge >= 0.3 is 0 Å². The lowest BCUT2D eigenvalue weighted by molar-refractivity contribution is 0.695. The van der Waals surface area contributed by atoms with Crippen molar-refractivity contribution in [1.29, 1.82) is 0 Å². The lowest BCUT2D eigenvalue weighted by Crippen LogP contribution is -2.12. The highest BCUT2D eigenvalue weighted by Crippen LogP contribution is 2.21. The summed E-state index contributed by atoms with van der Waals surface area (Å²) in [5.74, 6) is 0. The molecule has 0 fully saturated rings. The van der Waals surface area contributed by atoms with Crippen LogP contribution >= 0.6 is 38.9 Å². The van der Waals surface area contributed by atoms with Gasteiger partial charge in [0.05, 0.1) is 11.2 Å². The maximum absolute atomic E-state index is 5.90. The van der Waals surface area contributed by atoms with Crippen LogP contribution in [0, 0.1) is 6.92 Å². The Labute approximate surface area is 118 Å². The first-order chi connectivity index (χ1) is 8.16. The van der Waals surface area contributed by atoms with E-state index in [-0.39, 0.29) is 0 Å². The molecule has 2 nitrogen and oxygen atoms in total. The number of aryl methyl sites for hydroxylation is 1. The van der Waals surface area contributed by atoms with Crippen molar-refractivity contribution in [3.8, 4) is 0 Å². The third-order valence-corrected chi connectivity index (χ3v) is 4.37. The Bertz CT molecular complexity index is 513. The Morgan fingerprint density at radius 1 is 1.41 bits per heavy atom. The van der Waals surface area contributed by atoms with Crippen LogP contribution in [-0.4, -0.2) is 4.98 Å². The molecule has 0 spiro atoms. The van der Waals surface area contributed by atoms with Crippen molar-refractivity contribution in [3.05, 3.63) is 49.3 Å². The molecule has 0 bridgehead atoms. The Morgan fingerprint density at radius 2 is 2.24 bits per heavy atom. The first-order valence-corrected chi connectivity index (χ1v) is 7.25. The minimum absolute atomic E-state index is 0.749. The van der Waals surface area contributed by atoms with Gasteiger partial charge in [-0.05, 0) is 24.6 Å². The second kappa shape index (κ2) is 5.96. The largest absolute Gasteiger partial charge is 0.308 e. The van der Waals surface area contributed by atoms with Gasteiger partial charge in [-0.2, -0.15) is 0 Å². The van der Waals surface area contributed by atoms with Gasteiger partial charge in [0, 0.05) is 27.5 Å². The molecular formula is C12H12BrClN2S. The maximum atomic E-state index is 5.90. The molecule has 17 heavy (non-hydrogen) atoms. The van der Waals surface area contributed by atoms with Crippen LogP contribution in [0.25, 0.3) is 0 Å². The molecule has 1 heterocycles. The number of rotatable bonds is 4. The maximum Gasteiger partial charge on any atom is 0.0798 e. The number of thiazole rings is 1. The fraction of sp³-hybridized carbons (Fsp3) is 0.250. The molecule has 5 heteroatoms. The van der Waals surface area contributed by atoms with Crippen LogP contribution in [0.3, 0.4) is 0 Å². The van der Waals surface area contributed by atoms with Crippen LogP contribution < -0.4 is 5.32 Å². The number of nitrogens with zero attached hydrogens (tertiary/aromatic N) is 1. The normalized spacial score (nSPS) is 10.8. The molecule has 0 atom stereocenters. The van der Waals surface area contributed by atoms with E-state index >= 15 is 0 Å². The topological polar surface area (TPSA) is 24.9 Å². The van der Waals surface area contributed by atoms with Gasteiger partial charge in [0.25, 0.3) is 0 Å². The minimum atomic E-state index is 0.749. The van der Waals surface area contributed by atoms with Crippen molar-refractivity contribution in [2.75, 3.05) is 0 Å². The van der Waals surface area contributed by atoms with Gasteiger partial charge < -0.3 is 5.32 Å². The summed E-state index contributed by atoms with van der Waals surface area (Å²) in [5, 5.41) is 4.15. The average molecular weight is 332 g/mol. The summed E-state index contributed by atoms with van der Waals surface area (Å²) in [6.45, 7) is 3.70. The standard InChI is InChI=1S/C12H12BrClN2S/c1-8-12(17-7-16-8)6-15-5-9-2-3-10(14)4-11(9)13/h2-4,7,15H,5-6H2,1H3. The highest BCUT2D eigenvalue weighted by Gasteiger charge is 2.03. The molecule has 2 rings (SSSR count). The van der Waals surface area contributed by atoms with Gasteiger partial charge in [-0.15, -0.1) is 11.3 Å². The number of hydrogen-bond acceptors (Lipinski definition) is 3. The smallest absolute Gasteiger partial charge is 0.0798 e. The highest BCUT2D eigenvalue weighted by atomic mass is 79.9. The minimum Gasteiger partial charge on any atom is -0.308 e. The van der Waals surface area contributed by atoms with Crippen LogP contribution in [0.2, 0.25) is 5.02 Å². The molecule has 2 aromatic rings. The predicted molar refractivity (Wildman–Crippen MR) is 76.5 cm³/mol. The summed E-state index contributed by atoms with van der Waals surface area (Å²) in [6.07, 6.45) is 0. The van der Waals surface area contributed by atoms with Crippen LogP contribution in [0.4, 0.5) is 0 Å². The molecule has 0 aliphatic carbocycles. The van der Waals surface area contributed by atoms with Gasteiger partial charge in [0.15, 0.2) is 0 Å². The van der Waals surface area contributed by atoms with Crippen molar-refractivity contribution >= 4 is 38.9 Å². The Kier molecular flexibility index (Phi) is 4.56. The van der Waals surface area contributed by atoms with E-state index in [0.29, 0.717) is 0 Å². The number of benzene rings is 1. The third-order valence-electron chi connectivity index (χ3n) is 2.46. The molecule has 0 saturated carbocycles. The first kappa shape index (κ1) is 13.0. The molecule has 0 aliphatic rings. The first-order valence-electron chi connectivity index (χ1n) is 5.20. The summed E-state index contributed by atoms with van der Waals surface area (Å²) in [4.78, 5) is 5.51. The Balaban J connectivity index is 1.92. The third kappa shape index (κ3) is 3.52. The van der Waals surface area contributed by atoms with Crippen molar-refractivity contribution in [2.45, 2.75) is 20.0 Å². The Hall–Kier alpha value is -0.420. The molecule has 0 unspecified atom stereocenters. The fourth-order valence-electron chi connectivity index (χ4n) is 1.47. The Morgan fingerprint density at radius 3 is 2.88 bits per heavy atom. The van der Waals surface area contributed by atoms with Gasteiger partial charge in [-0.25, -0.2) is 4.98 Å². The van der Waals surface area contributed by atoms with Crippen LogP contribution in [0.5, 0.6) is 0 Å². The van der Waals surface area contributed by atoms with Crippen molar-refractivity contribution < 1.29 is 0 Å². The van der Waals surface area contributed by atoms with Crippen LogP contribution in [-0.2, 0) is 13.1 Å². The summed E-state index contributed by atoms with van der Waals surface area (Å²) in [6, 6.07) is 5.84. The molecular weight excluding hydrogens is 320 g/mol. The van der Waals surface area contributed by atoms with E-state index in [2.05, 4.69) is 26.2 Å². The van der Waals surface area contributed by atoms with Gasteiger partial charge in [-0.3, -0.25) is 0 Å². The quantitative estimate of drug-likeness (QED) is 0.910. The van der Waals surface area contributed by atoms with E-state index < -0.39 is 0 Å². The average Bonchev–Trinajstić information content (AvgIpc) is 2.68. The zero-order valence-corrected chi connectivity index (χ0v) is 12.5. The monoisotopic (exact) mass is 330 g/mol. The van der Waals surface area contributed by atoms with Gasteiger partial charge in [-0.1, -0.05) is 33.6 Å². The molecule has 0 amide bonds. The SMILES string of the molecule is Cc1ncsc1CNCc1ccc(Cl)cc1Br. The van der Waals surface area contributed by atoms with E-state index in [1.165, 1.54) is 10.4 Å². The van der Waals surface area contributed by atoms with Crippen LogP contribution in [0.15, 0.2) is 28.2 Å². The summed E-state index contributed by atoms with van der Waals surface area (Å²) < 4.78 is 1.04. The van der Waals surface area contributed by atoms with E-state index in [0.717, 1.165) is 28.3 Å². The van der Waals surface area contributed by atoms with E-state index in [4.69, 9.17) is 11.6 Å². The number of aromatic nitrogens is 1. The van der Waals surface area contributed by atoms with E-state index in [1.54, 1.807) is 11.3 Å². The lowest BCUT2D eigenvalue weighted by Gasteiger charge is -2.06. The van der Waals surface area contributed by atoms with Crippen molar-refractivity contribution in [3.63, 3.8) is 0 Å². The molecule has 0 radical (unpaired) electrons. The lowest BCUT2D eigenvalue weighted by atomic mass is 10.2. The molecule has 1 aromatic heterocycles. The predicted octanol–water partition coefficient (Wildman–Crippen LogP) is 4.16. The molecule has 1 N–H and O–H groups in total. The summed E-state index contributed by atoms with van der Waals surface area (Å²) in [7, 11) is 0. The van der Waals surface area contributed by atoms with Crippen molar-refractivity contribution in [2.24, 2.45) is 0 Å². The number of halogens is 2. The molecule has 0 saturated heterocycles. The second-order valence-corrected chi connectivity index (χ2v) is 5.93. The van der Waals surface area contributed by atoms with E-state index in [1.807, 2.05) is 30.6 Å². The number of nitrogens with one attached hydrogen (secondary N) is 1. The summed E-state index contributed by atoms with van der Waals surface area (Å²) >= 11 is 11.1. The summed E-state index contributed by atoms with van der Waals surface area (Å²) in [5.41, 5.74) is 4.19. The fourth-order valence-corrected chi connectivity index (χ4v) is 3.04. The van der Waals surface area contributed by atoms with E-state index in [9.17, 15) is 0 Å². The van der Waals surface area contributed by atoms with Crippen molar-refractivity contribution in [1.82, 2.24) is 10.3 Å². The van der Waals surface area contributed by atoms with Gasteiger partial charge in [0.1, 0.15) is 0 Å². The highest BCUT2D eigenvalue weighted by molar-refractivity contribution is 9.10.